The van der Waals surface area contributed by atoms with E-state index in [1.807, 2.05) is 6.92 Å². The van der Waals surface area contributed by atoms with E-state index >= 15 is 0 Å². The van der Waals surface area contributed by atoms with Crippen molar-refractivity contribution in [2.45, 2.75) is 11.8 Å². The van der Waals surface area contributed by atoms with Crippen LogP contribution in [0.2, 0.25) is 5.02 Å². The molecular formula is C17H19ClN2O4S. The number of nitrogens with one attached hydrogen (secondary N) is 2. The Morgan fingerprint density at radius 3 is 2.44 bits per heavy atom. The number of anilines is 1. The highest BCUT2D eigenvalue weighted by Crippen LogP contribution is 2.22. The number of hydrogen-bond acceptors (Lipinski definition) is 4. The van der Waals surface area contributed by atoms with Crippen molar-refractivity contribution in [2.24, 2.45) is 0 Å². The molecule has 0 unspecified atom stereocenters. The number of carbonyl (C=O) groups excluding carboxylic acids is 1. The fourth-order valence-electron chi connectivity index (χ4n) is 2.02. The Morgan fingerprint density at radius 2 is 1.84 bits per heavy atom. The Bertz CT molecular complexity index is 851. The Balaban J connectivity index is 2.11. The SMILES string of the molecule is COCCNC(=O)c1ccc(S(=O)(=O)Nc2ccc(C)c(Cl)c2)cc1. The van der Waals surface area contributed by atoms with Gasteiger partial charge in [-0.3, -0.25) is 9.52 Å². The van der Waals surface area contributed by atoms with Crippen molar-refractivity contribution in [1.82, 2.24) is 5.32 Å². The summed E-state index contributed by atoms with van der Waals surface area (Å²) < 4.78 is 32.2. The monoisotopic (exact) mass is 382 g/mol. The lowest BCUT2D eigenvalue weighted by molar-refractivity contribution is 0.0937. The number of halogens is 1. The highest BCUT2D eigenvalue weighted by Gasteiger charge is 2.15. The van der Waals surface area contributed by atoms with Crippen LogP contribution in [0.5, 0.6) is 0 Å². The molecule has 0 atom stereocenters. The summed E-state index contributed by atoms with van der Waals surface area (Å²) in [5.74, 6) is -0.292. The summed E-state index contributed by atoms with van der Waals surface area (Å²) >= 11 is 6.01. The Hall–Kier alpha value is -2.09. The molecule has 134 valence electrons. The van der Waals surface area contributed by atoms with Crippen LogP contribution in [-0.2, 0) is 14.8 Å². The van der Waals surface area contributed by atoms with Crippen LogP contribution in [0.3, 0.4) is 0 Å². The molecular weight excluding hydrogens is 364 g/mol. The first-order valence-corrected chi connectivity index (χ1v) is 9.36. The third kappa shape index (κ3) is 5.19. The molecule has 0 fully saturated rings. The molecule has 8 heteroatoms. The van der Waals surface area contributed by atoms with Crippen molar-refractivity contribution in [3.8, 4) is 0 Å². The second kappa shape index (κ2) is 8.33. The minimum absolute atomic E-state index is 0.0534. The van der Waals surface area contributed by atoms with Crippen LogP contribution in [0.15, 0.2) is 47.4 Å². The normalized spacial score (nSPS) is 11.2. The molecule has 0 aliphatic carbocycles. The molecule has 0 heterocycles. The first-order chi connectivity index (χ1) is 11.8. The maximum atomic E-state index is 12.4. The molecule has 0 aromatic heterocycles. The molecule has 0 saturated heterocycles. The number of hydrogen-bond donors (Lipinski definition) is 2. The van der Waals surface area contributed by atoms with Gasteiger partial charge in [-0.05, 0) is 48.9 Å². The van der Waals surface area contributed by atoms with Crippen LogP contribution in [-0.4, -0.2) is 34.6 Å². The van der Waals surface area contributed by atoms with Crippen LogP contribution in [0.1, 0.15) is 15.9 Å². The predicted molar refractivity (Wildman–Crippen MR) is 97.6 cm³/mol. The molecule has 2 rings (SSSR count). The average molecular weight is 383 g/mol. The van der Waals surface area contributed by atoms with E-state index in [0.29, 0.717) is 29.4 Å². The zero-order valence-electron chi connectivity index (χ0n) is 13.9. The molecule has 0 radical (unpaired) electrons. The number of benzene rings is 2. The van der Waals surface area contributed by atoms with E-state index in [2.05, 4.69) is 10.0 Å². The smallest absolute Gasteiger partial charge is 0.261 e. The van der Waals surface area contributed by atoms with Crippen LogP contribution < -0.4 is 10.0 Å². The molecule has 0 bridgehead atoms. The maximum Gasteiger partial charge on any atom is 0.261 e. The van der Waals surface area contributed by atoms with Gasteiger partial charge >= 0.3 is 0 Å². The minimum atomic E-state index is -3.77. The molecule has 0 aliphatic heterocycles. The molecule has 0 saturated carbocycles. The summed E-state index contributed by atoms with van der Waals surface area (Å²) in [6, 6.07) is 10.6. The van der Waals surface area contributed by atoms with Crippen molar-refractivity contribution >= 4 is 33.2 Å². The number of sulfonamides is 1. The predicted octanol–water partition coefficient (Wildman–Crippen LogP) is 2.83. The van der Waals surface area contributed by atoms with Gasteiger partial charge in [0.25, 0.3) is 15.9 Å². The summed E-state index contributed by atoms with van der Waals surface area (Å²) in [4.78, 5) is 11.9. The van der Waals surface area contributed by atoms with Gasteiger partial charge in [-0.25, -0.2) is 8.42 Å². The molecule has 2 aromatic rings. The minimum Gasteiger partial charge on any atom is -0.383 e. The highest BCUT2D eigenvalue weighted by molar-refractivity contribution is 7.92. The Morgan fingerprint density at radius 1 is 1.16 bits per heavy atom. The van der Waals surface area contributed by atoms with Gasteiger partial charge in [0, 0.05) is 24.2 Å². The highest BCUT2D eigenvalue weighted by atomic mass is 35.5. The largest absolute Gasteiger partial charge is 0.383 e. The van der Waals surface area contributed by atoms with Gasteiger partial charge in [-0.2, -0.15) is 0 Å². The fraction of sp³-hybridized carbons (Fsp3) is 0.235. The maximum absolute atomic E-state index is 12.4. The van der Waals surface area contributed by atoms with E-state index < -0.39 is 10.0 Å². The number of rotatable bonds is 7. The lowest BCUT2D eigenvalue weighted by atomic mass is 10.2. The second-order valence-corrected chi connectivity index (χ2v) is 7.43. The molecule has 0 spiro atoms. The fourth-order valence-corrected chi connectivity index (χ4v) is 3.25. The van der Waals surface area contributed by atoms with E-state index in [1.54, 1.807) is 25.3 Å². The van der Waals surface area contributed by atoms with Crippen molar-refractivity contribution in [3.05, 3.63) is 58.6 Å². The number of carbonyl (C=O) groups is 1. The van der Waals surface area contributed by atoms with Gasteiger partial charge in [0.05, 0.1) is 17.2 Å². The molecule has 2 N–H and O–H groups in total. The van der Waals surface area contributed by atoms with Crippen molar-refractivity contribution in [2.75, 3.05) is 25.0 Å². The van der Waals surface area contributed by atoms with Gasteiger partial charge in [0.2, 0.25) is 0 Å². The van der Waals surface area contributed by atoms with E-state index in [1.165, 1.54) is 24.3 Å². The van der Waals surface area contributed by atoms with Gasteiger partial charge in [0.1, 0.15) is 0 Å². The molecule has 1 amide bonds. The van der Waals surface area contributed by atoms with Crippen molar-refractivity contribution in [1.29, 1.82) is 0 Å². The lowest BCUT2D eigenvalue weighted by Crippen LogP contribution is -2.26. The van der Waals surface area contributed by atoms with Crippen LogP contribution >= 0.6 is 11.6 Å². The van der Waals surface area contributed by atoms with E-state index in [9.17, 15) is 13.2 Å². The third-order valence-electron chi connectivity index (χ3n) is 3.44. The van der Waals surface area contributed by atoms with E-state index in [0.717, 1.165) is 5.56 Å². The first-order valence-electron chi connectivity index (χ1n) is 7.49. The average Bonchev–Trinajstić information content (AvgIpc) is 2.58. The van der Waals surface area contributed by atoms with Crippen LogP contribution in [0.4, 0.5) is 5.69 Å². The Labute approximate surface area is 152 Å². The van der Waals surface area contributed by atoms with Gasteiger partial charge in [-0.15, -0.1) is 0 Å². The van der Waals surface area contributed by atoms with Gasteiger partial charge in [-0.1, -0.05) is 17.7 Å². The standard InChI is InChI=1S/C17H19ClN2O4S/c1-12-3-6-14(11-16(12)18)20-25(22,23)15-7-4-13(5-8-15)17(21)19-9-10-24-2/h3-8,11,20H,9-10H2,1-2H3,(H,19,21). The summed E-state index contributed by atoms with van der Waals surface area (Å²) in [5.41, 5.74) is 1.60. The zero-order chi connectivity index (χ0) is 18.4. The number of aryl methyl sites for hydroxylation is 1. The number of ether oxygens (including phenoxy) is 1. The zero-order valence-corrected chi connectivity index (χ0v) is 15.4. The van der Waals surface area contributed by atoms with Crippen LogP contribution in [0.25, 0.3) is 0 Å². The van der Waals surface area contributed by atoms with E-state index in [4.69, 9.17) is 16.3 Å². The third-order valence-corrected chi connectivity index (χ3v) is 5.25. The summed E-state index contributed by atoms with van der Waals surface area (Å²) in [7, 11) is -2.22. The van der Waals surface area contributed by atoms with E-state index in [-0.39, 0.29) is 10.8 Å². The summed E-state index contributed by atoms with van der Waals surface area (Å²) in [5, 5.41) is 3.14. The molecule has 0 aliphatic rings. The van der Waals surface area contributed by atoms with Crippen LogP contribution in [0, 0.1) is 6.92 Å². The first kappa shape index (κ1) is 19.2. The second-order valence-electron chi connectivity index (χ2n) is 5.34. The number of amides is 1. The summed E-state index contributed by atoms with van der Waals surface area (Å²) in [6.07, 6.45) is 0. The topological polar surface area (TPSA) is 84.5 Å². The summed E-state index contributed by atoms with van der Waals surface area (Å²) in [6.45, 7) is 2.61. The Kier molecular flexibility index (Phi) is 6.41. The quantitative estimate of drug-likeness (QED) is 0.721. The molecule has 25 heavy (non-hydrogen) atoms. The molecule has 6 nitrogen and oxygen atoms in total. The lowest BCUT2D eigenvalue weighted by Gasteiger charge is -2.10. The number of methoxy groups -OCH3 is 1. The van der Waals surface area contributed by atoms with Crippen molar-refractivity contribution in [3.63, 3.8) is 0 Å². The van der Waals surface area contributed by atoms with Gasteiger partial charge < -0.3 is 10.1 Å². The van der Waals surface area contributed by atoms with Gasteiger partial charge in [0.15, 0.2) is 0 Å². The molecule has 2 aromatic carbocycles. The van der Waals surface area contributed by atoms with Crippen molar-refractivity contribution < 1.29 is 17.9 Å².